The van der Waals surface area contributed by atoms with Gasteiger partial charge >= 0.3 is 0 Å². The summed E-state index contributed by atoms with van der Waals surface area (Å²) in [5.41, 5.74) is 1.66. The lowest BCUT2D eigenvalue weighted by Crippen LogP contribution is -2.00. The molecular formula is C21H19NO5. The van der Waals surface area contributed by atoms with Gasteiger partial charge in [-0.3, -0.25) is 0 Å². The number of hydrogen-bond donors (Lipinski definition) is 0. The molecule has 0 atom stereocenters. The van der Waals surface area contributed by atoms with Crippen molar-refractivity contribution in [1.82, 2.24) is 4.98 Å². The molecule has 0 bridgehead atoms. The van der Waals surface area contributed by atoms with E-state index >= 15 is 0 Å². The van der Waals surface area contributed by atoms with Crippen molar-refractivity contribution in [2.24, 2.45) is 0 Å². The van der Waals surface area contributed by atoms with Crippen LogP contribution in [0.4, 0.5) is 0 Å². The smallest absolute Gasteiger partial charge is 0.231 e. The van der Waals surface area contributed by atoms with E-state index in [1.165, 1.54) is 0 Å². The van der Waals surface area contributed by atoms with Gasteiger partial charge in [0.25, 0.3) is 0 Å². The quantitative estimate of drug-likeness (QED) is 0.610. The van der Waals surface area contributed by atoms with Crippen LogP contribution >= 0.6 is 0 Å². The van der Waals surface area contributed by atoms with E-state index in [0.717, 1.165) is 27.8 Å². The molecule has 0 unspecified atom stereocenters. The second-order valence-corrected chi connectivity index (χ2v) is 5.88. The molecule has 0 saturated heterocycles. The number of nitrogens with zero attached hydrogens (tertiary/aromatic N) is 1. The highest BCUT2D eigenvalue weighted by molar-refractivity contribution is 5.97. The van der Waals surface area contributed by atoms with Crippen molar-refractivity contribution in [3.8, 4) is 40.1 Å². The molecule has 27 heavy (non-hydrogen) atoms. The number of pyridine rings is 1. The second-order valence-electron chi connectivity index (χ2n) is 5.88. The fraction of sp³-hybridized carbons (Fsp3) is 0.190. The van der Waals surface area contributed by atoms with E-state index in [0.29, 0.717) is 29.7 Å². The number of hydrogen-bond acceptors (Lipinski definition) is 6. The van der Waals surface area contributed by atoms with Gasteiger partial charge in [0.2, 0.25) is 12.7 Å². The summed E-state index contributed by atoms with van der Waals surface area (Å²) in [6.45, 7) is 4.27. The van der Waals surface area contributed by atoms with Gasteiger partial charge in [0, 0.05) is 5.56 Å². The summed E-state index contributed by atoms with van der Waals surface area (Å²) < 4.78 is 27.7. The fourth-order valence-electron chi connectivity index (χ4n) is 3.07. The van der Waals surface area contributed by atoms with Gasteiger partial charge in [0.15, 0.2) is 23.0 Å². The first-order valence-corrected chi connectivity index (χ1v) is 8.44. The maximum Gasteiger partial charge on any atom is 0.231 e. The largest absolute Gasteiger partial charge is 0.493 e. The van der Waals surface area contributed by atoms with Crippen LogP contribution in [-0.2, 0) is 0 Å². The molecule has 0 amide bonds. The van der Waals surface area contributed by atoms with E-state index in [-0.39, 0.29) is 6.79 Å². The van der Waals surface area contributed by atoms with Crippen molar-refractivity contribution < 1.29 is 23.7 Å². The third-order valence-corrected chi connectivity index (χ3v) is 4.31. The number of ether oxygens (including phenoxy) is 5. The average Bonchev–Trinajstić information content (AvgIpc) is 3.18. The van der Waals surface area contributed by atoms with Crippen molar-refractivity contribution in [3.63, 3.8) is 0 Å². The maximum absolute atomic E-state index is 5.84. The van der Waals surface area contributed by atoms with E-state index < -0.39 is 0 Å². The van der Waals surface area contributed by atoms with Crippen molar-refractivity contribution in [1.29, 1.82) is 0 Å². The Kier molecular flexibility index (Phi) is 4.46. The molecule has 0 aliphatic carbocycles. The lowest BCUT2D eigenvalue weighted by atomic mass is 10.1. The lowest BCUT2D eigenvalue weighted by Gasteiger charge is -2.15. The molecule has 6 nitrogen and oxygen atoms in total. The van der Waals surface area contributed by atoms with Crippen LogP contribution in [0.1, 0.15) is 0 Å². The standard InChI is InChI=1S/C21H19NO5/c1-4-9-25-21-19-14(6-8-17(23-2)20(19)24-3)10-15(22-21)13-5-7-16-18(11-13)27-12-26-16/h4-8,10-11H,1,9,12H2,2-3H3. The molecule has 0 fully saturated rings. The molecule has 138 valence electrons. The zero-order valence-corrected chi connectivity index (χ0v) is 15.2. The Balaban J connectivity index is 1.91. The van der Waals surface area contributed by atoms with Crippen LogP contribution in [0.3, 0.4) is 0 Å². The van der Waals surface area contributed by atoms with Crippen LogP contribution in [0.25, 0.3) is 22.0 Å². The summed E-state index contributed by atoms with van der Waals surface area (Å²) in [6.07, 6.45) is 1.67. The van der Waals surface area contributed by atoms with E-state index in [1.54, 1.807) is 20.3 Å². The van der Waals surface area contributed by atoms with Gasteiger partial charge < -0.3 is 23.7 Å². The maximum atomic E-state index is 5.84. The summed E-state index contributed by atoms with van der Waals surface area (Å²) in [5.74, 6) is 3.09. The Bertz CT molecular complexity index is 1020. The summed E-state index contributed by atoms with van der Waals surface area (Å²) in [5, 5.41) is 1.68. The van der Waals surface area contributed by atoms with Crippen LogP contribution in [0, 0.1) is 0 Å². The Labute approximate surface area is 156 Å². The molecule has 3 aromatic rings. The first-order valence-electron chi connectivity index (χ1n) is 8.44. The van der Waals surface area contributed by atoms with Crippen molar-refractivity contribution in [3.05, 3.63) is 49.1 Å². The van der Waals surface area contributed by atoms with Gasteiger partial charge in [-0.05, 0) is 35.7 Å². The zero-order valence-electron chi connectivity index (χ0n) is 15.2. The Morgan fingerprint density at radius 1 is 1.07 bits per heavy atom. The van der Waals surface area contributed by atoms with Gasteiger partial charge in [0.05, 0.1) is 25.3 Å². The van der Waals surface area contributed by atoms with Gasteiger partial charge in [-0.15, -0.1) is 0 Å². The van der Waals surface area contributed by atoms with Gasteiger partial charge in [-0.2, -0.15) is 0 Å². The van der Waals surface area contributed by atoms with Gasteiger partial charge in [-0.25, -0.2) is 4.98 Å². The third-order valence-electron chi connectivity index (χ3n) is 4.31. The third kappa shape index (κ3) is 2.99. The van der Waals surface area contributed by atoms with E-state index in [9.17, 15) is 0 Å². The molecule has 1 aromatic heterocycles. The molecule has 4 rings (SSSR count). The Morgan fingerprint density at radius 3 is 2.70 bits per heavy atom. The molecule has 2 heterocycles. The molecule has 0 radical (unpaired) electrons. The molecule has 6 heteroatoms. The van der Waals surface area contributed by atoms with E-state index in [1.807, 2.05) is 36.4 Å². The first-order chi connectivity index (χ1) is 13.2. The summed E-state index contributed by atoms with van der Waals surface area (Å²) in [7, 11) is 3.20. The zero-order chi connectivity index (χ0) is 18.8. The van der Waals surface area contributed by atoms with Gasteiger partial charge in [0.1, 0.15) is 6.61 Å². The summed E-state index contributed by atoms with van der Waals surface area (Å²) in [4.78, 5) is 4.72. The minimum absolute atomic E-state index is 0.231. The van der Waals surface area contributed by atoms with Crippen LogP contribution in [0.2, 0.25) is 0 Å². The topological polar surface area (TPSA) is 59.0 Å². The van der Waals surface area contributed by atoms with Crippen molar-refractivity contribution >= 4 is 10.8 Å². The highest BCUT2D eigenvalue weighted by atomic mass is 16.7. The molecule has 0 saturated carbocycles. The van der Waals surface area contributed by atoms with Crippen LogP contribution in [-0.4, -0.2) is 32.6 Å². The van der Waals surface area contributed by atoms with Crippen LogP contribution in [0.15, 0.2) is 49.1 Å². The highest BCUT2D eigenvalue weighted by Crippen LogP contribution is 2.42. The minimum Gasteiger partial charge on any atom is -0.493 e. The van der Waals surface area contributed by atoms with Crippen molar-refractivity contribution in [2.45, 2.75) is 0 Å². The Hall–Kier alpha value is -3.41. The molecule has 0 N–H and O–H groups in total. The summed E-state index contributed by atoms with van der Waals surface area (Å²) >= 11 is 0. The SMILES string of the molecule is C=CCOc1nc(-c2ccc3c(c2)OCO3)cc2ccc(OC)c(OC)c12. The van der Waals surface area contributed by atoms with Crippen molar-refractivity contribution in [2.75, 3.05) is 27.6 Å². The molecular weight excluding hydrogens is 346 g/mol. The molecule has 1 aliphatic rings. The average molecular weight is 365 g/mol. The van der Waals surface area contributed by atoms with E-state index in [4.69, 9.17) is 28.7 Å². The monoisotopic (exact) mass is 365 g/mol. The molecule has 1 aliphatic heterocycles. The fourth-order valence-corrected chi connectivity index (χ4v) is 3.07. The van der Waals surface area contributed by atoms with Crippen LogP contribution in [0.5, 0.6) is 28.9 Å². The molecule has 2 aromatic carbocycles. The number of fused-ring (bicyclic) bond motifs is 2. The second kappa shape index (κ2) is 7.07. The number of benzene rings is 2. The number of methoxy groups -OCH3 is 2. The lowest BCUT2D eigenvalue weighted by molar-refractivity contribution is 0.174. The predicted molar refractivity (Wildman–Crippen MR) is 102 cm³/mol. The number of rotatable bonds is 6. The minimum atomic E-state index is 0.231. The molecule has 0 spiro atoms. The highest BCUT2D eigenvalue weighted by Gasteiger charge is 2.19. The van der Waals surface area contributed by atoms with E-state index in [2.05, 4.69) is 6.58 Å². The van der Waals surface area contributed by atoms with Gasteiger partial charge in [-0.1, -0.05) is 18.7 Å². The Morgan fingerprint density at radius 2 is 1.93 bits per heavy atom. The predicted octanol–water partition coefficient (Wildman–Crippen LogP) is 4.21. The number of aromatic nitrogens is 1. The first kappa shape index (κ1) is 17.0. The normalized spacial score (nSPS) is 12.1. The van der Waals surface area contributed by atoms with Crippen LogP contribution < -0.4 is 23.7 Å². The summed E-state index contributed by atoms with van der Waals surface area (Å²) in [6, 6.07) is 11.5.